The van der Waals surface area contributed by atoms with Crippen LogP contribution >= 0.6 is 0 Å². The smallest absolute Gasteiger partial charge is 0.399 e. The molecule has 0 amide bonds. The highest BCUT2D eigenvalue weighted by atomic mass is 19.1. The van der Waals surface area contributed by atoms with Gasteiger partial charge >= 0.3 is 7.12 Å². The summed E-state index contributed by atoms with van der Waals surface area (Å²) in [6.07, 6.45) is 0. The number of benzene rings is 1. The maximum atomic E-state index is 15.1. The van der Waals surface area contributed by atoms with Gasteiger partial charge in [-0.15, -0.1) is 0 Å². The van der Waals surface area contributed by atoms with E-state index in [9.17, 15) is 0 Å². The zero-order valence-corrected chi connectivity index (χ0v) is 15.9. The molecule has 134 valence electrons. The molecule has 0 spiro atoms. The summed E-state index contributed by atoms with van der Waals surface area (Å²) < 4.78 is 28.9. The average molecular weight is 345 g/mol. The van der Waals surface area contributed by atoms with Gasteiger partial charge < -0.3 is 14.6 Å². The van der Waals surface area contributed by atoms with Crippen molar-refractivity contribution in [3.05, 3.63) is 35.4 Å². The van der Waals surface area contributed by atoms with Crippen molar-refractivity contribution < 1.29 is 13.7 Å². The van der Waals surface area contributed by atoms with Gasteiger partial charge in [0.15, 0.2) is 0 Å². The second kappa shape index (κ2) is 5.85. The zero-order valence-electron chi connectivity index (χ0n) is 15.9. The molecule has 25 heavy (non-hydrogen) atoms. The Morgan fingerprint density at radius 1 is 1.12 bits per heavy atom. The Kier molecular flexibility index (Phi) is 4.20. The molecular weight excluding hydrogens is 320 g/mol. The third-order valence-electron chi connectivity index (χ3n) is 5.30. The van der Waals surface area contributed by atoms with Gasteiger partial charge in [0, 0.05) is 12.5 Å². The predicted octanol–water partition coefficient (Wildman–Crippen LogP) is 3.22. The number of anilines is 2. The van der Waals surface area contributed by atoms with Gasteiger partial charge in [-0.3, -0.25) is 4.68 Å². The summed E-state index contributed by atoms with van der Waals surface area (Å²) in [5.74, 6) is -0.372. The zero-order chi connectivity index (χ0) is 18.6. The van der Waals surface area contributed by atoms with Crippen molar-refractivity contribution in [1.82, 2.24) is 9.78 Å². The maximum Gasteiger partial charge on any atom is 0.497 e. The molecule has 3 rings (SSSR count). The van der Waals surface area contributed by atoms with Crippen LogP contribution in [0.3, 0.4) is 0 Å². The van der Waals surface area contributed by atoms with Gasteiger partial charge in [0.05, 0.1) is 34.0 Å². The highest BCUT2D eigenvalue weighted by molar-refractivity contribution is 6.62. The van der Waals surface area contributed by atoms with E-state index in [2.05, 4.69) is 10.4 Å². The topological polar surface area (TPSA) is 48.3 Å². The molecule has 0 atom stereocenters. The molecule has 1 aliphatic rings. The summed E-state index contributed by atoms with van der Waals surface area (Å²) in [5.41, 5.74) is 2.33. The molecule has 1 aromatic heterocycles. The van der Waals surface area contributed by atoms with Gasteiger partial charge in [-0.05, 0) is 47.6 Å². The van der Waals surface area contributed by atoms with Gasteiger partial charge in [0.1, 0.15) is 5.82 Å². The van der Waals surface area contributed by atoms with Crippen LogP contribution < -0.4 is 10.8 Å². The molecule has 1 fully saturated rings. The van der Waals surface area contributed by atoms with Gasteiger partial charge in [-0.1, -0.05) is 12.1 Å². The number of aromatic nitrogens is 2. The van der Waals surface area contributed by atoms with E-state index in [1.165, 1.54) is 0 Å². The molecule has 7 heteroatoms. The Morgan fingerprint density at radius 2 is 1.72 bits per heavy atom. The second-order valence-electron chi connectivity index (χ2n) is 7.59. The number of halogens is 1. The monoisotopic (exact) mass is 345 g/mol. The summed E-state index contributed by atoms with van der Waals surface area (Å²) >= 11 is 0. The standard InChI is InChI=1S/C18H25BFN3O2/c1-11-16(12(2)23(7)22-11)21-14-10-8-9-13(15(14)20)19-24-17(3,4)18(5,6)25-19/h8-10,21H,1-7H3. The first-order chi connectivity index (χ1) is 11.5. The first-order valence-electron chi connectivity index (χ1n) is 8.45. The normalized spacial score (nSPS) is 18.6. The van der Waals surface area contributed by atoms with Crippen molar-refractivity contribution in [1.29, 1.82) is 0 Å². The Balaban J connectivity index is 1.94. The van der Waals surface area contributed by atoms with Crippen LogP contribution in [0.1, 0.15) is 39.1 Å². The molecule has 0 bridgehead atoms. The number of rotatable bonds is 3. The van der Waals surface area contributed by atoms with E-state index < -0.39 is 18.3 Å². The SMILES string of the molecule is Cc1nn(C)c(C)c1Nc1cccc(B2OC(C)(C)C(C)(C)O2)c1F. The molecule has 0 unspecified atom stereocenters. The molecule has 1 saturated heterocycles. The lowest BCUT2D eigenvalue weighted by molar-refractivity contribution is 0.00578. The van der Waals surface area contributed by atoms with E-state index in [1.54, 1.807) is 22.9 Å². The van der Waals surface area contributed by atoms with E-state index in [-0.39, 0.29) is 5.82 Å². The van der Waals surface area contributed by atoms with Crippen molar-refractivity contribution in [2.45, 2.75) is 52.7 Å². The third-order valence-corrected chi connectivity index (χ3v) is 5.30. The molecule has 2 aromatic rings. The molecule has 1 aliphatic heterocycles. The average Bonchev–Trinajstić information content (AvgIpc) is 2.86. The summed E-state index contributed by atoms with van der Waals surface area (Å²) in [5, 5.41) is 7.52. The van der Waals surface area contributed by atoms with Crippen LogP contribution in [-0.2, 0) is 16.4 Å². The maximum absolute atomic E-state index is 15.1. The fourth-order valence-electron chi connectivity index (χ4n) is 2.89. The number of aryl methyl sites for hydroxylation is 2. The van der Waals surface area contributed by atoms with Crippen molar-refractivity contribution in [3.63, 3.8) is 0 Å². The third kappa shape index (κ3) is 2.96. The lowest BCUT2D eigenvalue weighted by Gasteiger charge is -2.32. The Labute approximate surface area is 148 Å². The summed E-state index contributed by atoms with van der Waals surface area (Å²) in [7, 11) is 1.13. The lowest BCUT2D eigenvalue weighted by atomic mass is 9.78. The molecule has 0 radical (unpaired) electrons. The van der Waals surface area contributed by atoms with Crippen molar-refractivity contribution in [2.75, 3.05) is 5.32 Å². The minimum atomic E-state index is -0.733. The molecule has 0 saturated carbocycles. The number of hydrogen-bond donors (Lipinski definition) is 1. The first kappa shape index (κ1) is 18.0. The minimum absolute atomic E-state index is 0.372. The minimum Gasteiger partial charge on any atom is -0.399 e. The van der Waals surface area contributed by atoms with E-state index >= 15 is 4.39 Å². The van der Waals surface area contributed by atoms with Gasteiger partial charge in [0.25, 0.3) is 0 Å². The fraction of sp³-hybridized carbons (Fsp3) is 0.500. The van der Waals surface area contributed by atoms with Crippen LogP contribution in [0.5, 0.6) is 0 Å². The molecular formula is C18H25BFN3O2. The Hall–Kier alpha value is -1.86. The second-order valence-corrected chi connectivity index (χ2v) is 7.59. The predicted molar refractivity (Wildman–Crippen MR) is 98.1 cm³/mol. The molecule has 5 nitrogen and oxygen atoms in total. The first-order valence-corrected chi connectivity index (χ1v) is 8.45. The fourth-order valence-corrected chi connectivity index (χ4v) is 2.89. The highest BCUT2D eigenvalue weighted by Crippen LogP contribution is 2.37. The van der Waals surface area contributed by atoms with Crippen LogP contribution in [-0.4, -0.2) is 28.1 Å². The number of nitrogens with zero attached hydrogens (tertiary/aromatic N) is 2. The van der Waals surface area contributed by atoms with Gasteiger partial charge in [-0.2, -0.15) is 5.10 Å². The number of hydrogen-bond acceptors (Lipinski definition) is 4. The van der Waals surface area contributed by atoms with Crippen LogP contribution in [0.15, 0.2) is 18.2 Å². The molecule has 2 heterocycles. The quantitative estimate of drug-likeness (QED) is 0.868. The van der Waals surface area contributed by atoms with Crippen molar-refractivity contribution >= 4 is 24.0 Å². The Bertz CT molecular complexity index is 801. The van der Waals surface area contributed by atoms with E-state index in [0.29, 0.717) is 11.2 Å². The molecule has 1 N–H and O–H groups in total. The van der Waals surface area contributed by atoms with E-state index in [1.807, 2.05) is 48.6 Å². The highest BCUT2D eigenvalue weighted by Gasteiger charge is 2.52. The van der Waals surface area contributed by atoms with Gasteiger partial charge in [0.2, 0.25) is 0 Å². The largest absolute Gasteiger partial charge is 0.497 e. The summed E-state index contributed by atoms with van der Waals surface area (Å²) in [4.78, 5) is 0. The Morgan fingerprint density at radius 3 is 2.24 bits per heavy atom. The van der Waals surface area contributed by atoms with Crippen LogP contribution in [0.4, 0.5) is 15.8 Å². The summed E-state index contributed by atoms with van der Waals surface area (Å²) in [6, 6.07) is 5.20. The van der Waals surface area contributed by atoms with E-state index in [4.69, 9.17) is 9.31 Å². The van der Waals surface area contributed by atoms with Crippen molar-refractivity contribution in [2.24, 2.45) is 7.05 Å². The van der Waals surface area contributed by atoms with Crippen LogP contribution in [0.2, 0.25) is 0 Å². The van der Waals surface area contributed by atoms with E-state index in [0.717, 1.165) is 17.1 Å². The summed E-state index contributed by atoms with van der Waals surface area (Å²) in [6.45, 7) is 11.7. The number of nitrogens with one attached hydrogen (secondary N) is 1. The lowest BCUT2D eigenvalue weighted by Crippen LogP contribution is -2.41. The van der Waals surface area contributed by atoms with Crippen LogP contribution in [0, 0.1) is 19.7 Å². The molecule has 1 aromatic carbocycles. The van der Waals surface area contributed by atoms with Gasteiger partial charge in [-0.25, -0.2) is 4.39 Å². The molecule has 0 aliphatic carbocycles. The van der Waals surface area contributed by atoms with Crippen molar-refractivity contribution in [3.8, 4) is 0 Å². The van der Waals surface area contributed by atoms with Crippen LogP contribution in [0.25, 0.3) is 0 Å².